The van der Waals surface area contributed by atoms with Gasteiger partial charge in [0.15, 0.2) is 0 Å². The number of non-ortho nitro benzene ring substituents is 1. The number of nitro groups is 1. The second-order valence-electron chi connectivity index (χ2n) is 5.11. The minimum Gasteiger partial charge on any atom is -0.339 e. The molecule has 1 N–H and O–H groups in total. The van der Waals surface area contributed by atoms with E-state index >= 15 is 0 Å². The summed E-state index contributed by atoms with van der Waals surface area (Å²) in [5.41, 5.74) is 1.18. The first kappa shape index (κ1) is 16.2. The minimum absolute atomic E-state index is 0.0354. The predicted molar refractivity (Wildman–Crippen MR) is 87.6 cm³/mol. The van der Waals surface area contributed by atoms with Gasteiger partial charge in [0.2, 0.25) is 17.6 Å². The molecular weight excluding hydrogens is 326 g/mol. The van der Waals surface area contributed by atoms with Crippen molar-refractivity contribution in [3.63, 3.8) is 0 Å². The molecule has 2 aromatic heterocycles. The summed E-state index contributed by atoms with van der Waals surface area (Å²) in [6.45, 7) is 0. The Morgan fingerprint density at radius 1 is 1.24 bits per heavy atom. The van der Waals surface area contributed by atoms with Crippen molar-refractivity contribution in [3.8, 4) is 11.4 Å². The number of nitrogens with one attached hydrogen (secondary N) is 1. The average Bonchev–Trinajstić information content (AvgIpc) is 3.10. The van der Waals surface area contributed by atoms with E-state index in [0.717, 1.165) is 5.56 Å². The van der Waals surface area contributed by atoms with E-state index < -0.39 is 4.92 Å². The highest BCUT2D eigenvalue weighted by Gasteiger charge is 2.11. The van der Waals surface area contributed by atoms with E-state index in [4.69, 9.17) is 4.52 Å². The fourth-order valence-electron chi connectivity index (χ4n) is 2.08. The normalized spacial score (nSPS) is 10.4. The Labute approximate surface area is 141 Å². The number of pyridine rings is 1. The number of carbonyl (C=O) groups is 1. The number of benzene rings is 1. The molecule has 0 aliphatic rings. The van der Waals surface area contributed by atoms with Crippen molar-refractivity contribution in [1.82, 2.24) is 15.1 Å². The SMILES string of the molecule is O=C(CCc1nc(-c2cccnc2)no1)Nc1ccc([N+](=O)[O-])cc1. The summed E-state index contributed by atoms with van der Waals surface area (Å²) in [7, 11) is 0. The zero-order valence-corrected chi connectivity index (χ0v) is 13.0. The molecule has 0 bridgehead atoms. The van der Waals surface area contributed by atoms with Crippen molar-refractivity contribution in [2.45, 2.75) is 12.8 Å². The summed E-state index contributed by atoms with van der Waals surface area (Å²) < 4.78 is 5.12. The molecule has 0 saturated carbocycles. The van der Waals surface area contributed by atoms with Gasteiger partial charge in [-0.25, -0.2) is 0 Å². The molecule has 2 heterocycles. The maximum absolute atomic E-state index is 11.9. The Kier molecular flexibility index (Phi) is 4.74. The molecule has 9 heteroatoms. The zero-order chi connectivity index (χ0) is 17.6. The van der Waals surface area contributed by atoms with Crippen LogP contribution in [0.15, 0.2) is 53.3 Å². The summed E-state index contributed by atoms with van der Waals surface area (Å²) in [5.74, 6) is 0.506. The molecule has 1 aromatic carbocycles. The van der Waals surface area contributed by atoms with Crippen LogP contribution in [0.4, 0.5) is 11.4 Å². The Hall–Kier alpha value is -3.62. The molecule has 9 nitrogen and oxygen atoms in total. The third-order valence-corrected chi connectivity index (χ3v) is 3.32. The third kappa shape index (κ3) is 4.22. The van der Waals surface area contributed by atoms with Gasteiger partial charge in [0.25, 0.3) is 5.69 Å². The summed E-state index contributed by atoms with van der Waals surface area (Å²) >= 11 is 0. The number of carbonyl (C=O) groups excluding carboxylic acids is 1. The molecule has 3 aromatic rings. The second-order valence-corrected chi connectivity index (χ2v) is 5.11. The van der Waals surface area contributed by atoms with Gasteiger partial charge in [-0.05, 0) is 24.3 Å². The van der Waals surface area contributed by atoms with Gasteiger partial charge in [-0.1, -0.05) is 5.16 Å². The first-order chi connectivity index (χ1) is 12.1. The smallest absolute Gasteiger partial charge is 0.269 e. The predicted octanol–water partition coefficient (Wildman–Crippen LogP) is 2.61. The van der Waals surface area contributed by atoms with Gasteiger partial charge in [0.05, 0.1) is 4.92 Å². The number of anilines is 1. The van der Waals surface area contributed by atoms with E-state index in [1.54, 1.807) is 18.5 Å². The number of aromatic nitrogens is 3. The maximum Gasteiger partial charge on any atom is 0.269 e. The van der Waals surface area contributed by atoms with Gasteiger partial charge in [-0.15, -0.1) is 0 Å². The van der Waals surface area contributed by atoms with Crippen LogP contribution in [0, 0.1) is 10.1 Å². The first-order valence-corrected chi connectivity index (χ1v) is 7.39. The van der Waals surface area contributed by atoms with E-state index in [9.17, 15) is 14.9 Å². The van der Waals surface area contributed by atoms with Gasteiger partial charge >= 0.3 is 0 Å². The van der Waals surface area contributed by atoms with Crippen LogP contribution in [0.5, 0.6) is 0 Å². The lowest BCUT2D eigenvalue weighted by Gasteiger charge is -2.03. The quantitative estimate of drug-likeness (QED) is 0.540. The van der Waals surface area contributed by atoms with Crippen molar-refractivity contribution < 1.29 is 14.2 Å². The molecule has 0 radical (unpaired) electrons. The van der Waals surface area contributed by atoms with Crippen LogP contribution in [0.25, 0.3) is 11.4 Å². The number of rotatable bonds is 6. The van der Waals surface area contributed by atoms with Crippen molar-refractivity contribution in [2.75, 3.05) is 5.32 Å². The molecule has 0 fully saturated rings. The molecule has 1 amide bonds. The van der Waals surface area contributed by atoms with Crippen molar-refractivity contribution in [2.24, 2.45) is 0 Å². The summed E-state index contributed by atoms with van der Waals surface area (Å²) in [6, 6.07) is 9.18. The molecule has 0 atom stereocenters. The molecule has 0 aliphatic heterocycles. The van der Waals surface area contributed by atoms with Crippen molar-refractivity contribution in [3.05, 3.63) is 64.8 Å². The Morgan fingerprint density at radius 3 is 2.72 bits per heavy atom. The number of nitro benzene ring substituents is 1. The van der Waals surface area contributed by atoms with Crippen LogP contribution < -0.4 is 5.32 Å². The van der Waals surface area contributed by atoms with Crippen LogP contribution in [0.2, 0.25) is 0 Å². The second kappa shape index (κ2) is 7.30. The van der Waals surface area contributed by atoms with E-state index in [1.165, 1.54) is 24.3 Å². The Morgan fingerprint density at radius 2 is 2.04 bits per heavy atom. The fourth-order valence-corrected chi connectivity index (χ4v) is 2.08. The molecule has 3 rings (SSSR count). The van der Waals surface area contributed by atoms with E-state index in [-0.39, 0.29) is 24.4 Å². The van der Waals surface area contributed by atoms with Gasteiger partial charge in [0.1, 0.15) is 0 Å². The first-order valence-electron chi connectivity index (χ1n) is 7.39. The lowest BCUT2D eigenvalue weighted by atomic mass is 10.2. The van der Waals surface area contributed by atoms with E-state index in [2.05, 4.69) is 20.4 Å². The highest BCUT2D eigenvalue weighted by molar-refractivity contribution is 5.90. The maximum atomic E-state index is 11.9. The number of nitrogens with zero attached hydrogens (tertiary/aromatic N) is 4. The molecule has 0 aliphatic carbocycles. The number of hydrogen-bond acceptors (Lipinski definition) is 7. The van der Waals surface area contributed by atoms with E-state index in [0.29, 0.717) is 17.4 Å². The minimum atomic E-state index is -0.499. The largest absolute Gasteiger partial charge is 0.339 e. The molecule has 0 saturated heterocycles. The van der Waals surface area contributed by atoms with Gasteiger partial charge in [0, 0.05) is 48.6 Å². The molecule has 0 spiro atoms. The van der Waals surface area contributed by atoms with Crippen LogP contribution in [-0.2, 0) is 11.2 Å². The number of amides is 1. The van der Waals surface area contributed by atoms with Crippen molar-refractivity contribution >= 4 is 17.3 Å². The van der Waals surface area contributed by atoms with Crippen LogP contribution in [0.1, 0.15) is 12.3 Å². The molecule has 126 valence electrons. The number of hydrogen-bond donors (Lipinski definition) is 1. The molecule has 25 heavy (non-hydrogen) atoms. The van der Waals surface area contributed by atoms with Gasteiger partial charge in [-0.2, -0.15) is 4.98 Å². The van der Waals surface area contributed by atoms with Crippen LogP contribution >= 0.6 is 0 Å². The van der Waals surface area contributed by atoms with Crippen LogP contribution in [0.3, 0.4) is 0 Å². The Bertz CT molecular complexity index is 877. The summed E-state index contributed by atoms with van der Waals surface area (Å²) in [4.78, 5) is 30.2. The highest BCUT2D eigenvalue weighted by Crippen LogP contribution is 2.17. The summed E-state index contributed by atoms with van der Waals surface area (Å²) in [6.07, 6.45) is 3.70. The van der Waals surface area contributed by atoms with Crippen molar-refractivity contribution in [1.29, 1.82) is 0 Å². The average molecular weight is 339 g/mol. The monoisotopic (exact) mass is 339 g/mol. The number of aryl methyl sites for hydroxylation is 1. The lowest BCUT2D eigenvalue weighted by Crippen LogP contribution is -2.12. The van der Waals surface area contributed by atoms with Crippen LogP contribution in [-0.4, -0.2) is 26.0 Å². The van der Waals surface area contributed by atoms with E-state index in [1.807, 2.05) is 6.07 Å². The fraction of sp³-hybridized carbons (Fsp3) is 0.125. The highest BCUT2D eigenvalue weighted by atomic mass is 16.6. The Balaban J connectivity index is 1.54. The molecular formula is C16H13N5O4. The zero-order valence-electron chi connectivity index (χ0n) is 13.0. The molecule has 0 unspecified atom stereocenters. The summed E-state index contributed by atoms with van der Waals surface area (Å²) in [5, 5.41) is 17.1. The standard InChI is InChI=1S/C16H13N5O4/c22-14(18-12-3-5-13(6-4-12)21(23)24)7-8-15-19-16(20-25-15)11-2-1-9-17-10-11/h1-6,9-10H,7-8H2,(H,18,22). The van der Waals surface area contributed by atoms with Gasteiger partial charge in [-0.3, -0.25) is 19.9 Å². The third-order valence-electron chi connectivity index (χ3n) is 3.32. The lowest BCUT2D eigenvalue weighted by molar-refractivity contribution is -0.384. The topological polar surface area (TPSA) is 124 Å². The van der Waals surface area contributed by atoms with Gasteiger partial charge < -0.3 is 9.84 Å².